The number of aromatic carboxylic acids is 1. The van der Waals surface area contributed by atoms with Crippen molar-refractivity contribution in [1.82, 2.24) is 15.0 Å². The molecule has 162 valence electrons. The van der Waals surface area contributed by atoms with Crippen molar-refractivity contribution in [2.24, 2.45) is 0 Å². The second-order valence-electron chi connectivity index (χ2n) is 7.26. The molecule has 1 aromatic heterocycles. The van der Waals surface area contributed by atoms with E-state index in [-0.39, 0.29) is 15.5 Å². The standard InChI is InChI=1S/C23H18BrN3O4S/c1-14-3-12-20(13-15(14)2)32(30,31)22-21(16-4-8-18(24)9-5-16)27(26-25-22)19-10-6-17(7-11-19)23(28)29/h3-13H,1-2H3,(H,28,29). The summed E-state index contributed by atoms with van der Waals surface area (Å²) in [6.45, 7) is 3.76. The lowest BCUT2D eigenvalue weighted by atomic mass is 10.1. The van der Waals surface area contributed by atoms with Crippen LogP contribution >= 0.6 is 15.9 Å². The van der Waals surface area contributed by atoms with Crippen molar-refractivity contribution in [3.05, 3.63) is 87.9 Å². The predicted octanol–water partition coefficient (Wildman–Crippen LogP) is 4.84. The zero-order valence-electron chi connectivity index (χ0n) is 17.2. The molecule has 0 aliphatic heterocycles. The first-order valence-corrected chi connectivity index (χ1v) is 11.8. The van der Waals surface area contributed by atoms with E-state index in [1.807, 2.05) is 13.8 Å². The van der Waals surface area contributed by atoms with Crippen molar-refractivity contribution >= 4 is 31.7 Å². The summed E-state index contributed by atoms with van der Waals surface area (Å²) in [6, 6.07) is 18.1. The van der Waals surface area contributed by atoms with Gasteiger partial charge in [-0.2, -0.15) is 0 Å². The van der Waals surface area contributed by atoms with Crippen LogP contribution in [0.3, 0.4) is 0 Å². The van der Waals surface area contributed by atoms with Crippen molar-refractivity contribution in [2.45, 2.75) is 23.8 Å². The Balaban J connectivity index is 1.94. The van der Waals surface area contributed by atoms with E-state index in [1.165, 1.54) is 16.8 Å². The van der Waals surface area contributed by atoms with Crippen LogP contribution in [0.5, 0.6) is 0 Å². The zero-order valence-corrected chi connectivity index (χ0v) is 19.6. The first-order chi connectivity index (χ1) is 15.2. The van der Waals surface area contributed by atoms with Crippen LogP contribution in [0.2, 0.25) is 0 Å². The fourth-order valence-corrected chi connectivity index (χ4v) is 4.89. The molecule has 1 heterocycles. The van der Waals surface area contributed by atoms with E-state index in [2.05, 4.69) is 26.2 Å². The largest absolute Gasteiger partial charge is 0.478 e. The summed E-state index contributed by atoms with van der Waals surface area (Å²) >= 11 is 3.39. The Morgan fingerprint density at radius 3 is 2.19 bits per heavy atom. The van der Waals surface area contributed by atoms with Crippen molar-refractivity contribution < 1.29 is 18.3 Å². The fraction of sp³-hybridized carbons (Fsp3) is 0.0870. The van der Waals surface area contributed by atoms with E-state index in [1.54, 1.807) is 54.6 Å². The number of sulfone groups is 1. The molecule has 4 rings (SSSR count). The van der Waals surface area contributed by atoms with Crippen molar-refractivity contribution in [1.29, 1.82) is 0 Å². The van der Waals surface area contributed by atoms with Crippen molar-refractivity contribution in [3.63, 3.8) is 0 Å². The summed E-state index contributed by atoms with van der Waals surface area (Å²) in [5, 5.41) is 17.2. The smallest absolute Gasteiger partial charge is 0.335 e. The Bertz CT molecular complexity index is 1430. The molecule has 0 saturated heterocycles. The zero-order chi connectivity index (χ0) is 23.0. The molecule has 0 fully saturated rings. The lowest BCUT2D eigenvalue weighted by Crippen LogP contribution is -2.07. The quantitative estimate of drug-likeness (QED) is 0.411. The highest BCUT2D eigenvalue weighted by atomic mass is 79.9. The number of aromatic nitrogens is 3. The number of carbonyl (C=O) groups is 1. The number of carboxylic acids is 1. The maximum Gasteiger partial charge on any atom is 0.335 e. The van der Waals surface area contributed by atoms with Gasteiger partial charge in [0.25, 0.3) is 0 Å². The number of benzene rings is 3. The highest BCUT2D eigenvalue weighted by Gasteiger charge is 2.29. The maximum atomic E-state index is 13.5. The van der Waals surface area contributed by atoms with Crippen LogP contribution in [0.25, 0.3) is 16.9 Å². The topological polar surface area (TPSA) is 102 Å². The highest BCUT2D eigenvalue weighted by molar-refractivity contribution is 9.10. The number of rotatable bonds is 5. The second-order valence-corrected chi connectivity index (χ2v) is 10.0. The number of hydrogen-bond acceptors (Lipinski definition) is 5. The minimum Gasteiger partial charge on any atom is -0.478 e. The van der Waals surface area contributed by atoms with Crippen molar-refractivity contribution in [3.8, 4) is 16.9 Å². The van der Waals surface area contributed by atoms with Gasteiger partial charge in [-0.05, 0) is 73.5 Å². The van der Waals surface area contributed by atoms with Crippen LogP contribution in [-0.4, -0.2) is 34.5 Å². The minimum absolute atomic E-state index is 0.113. The Kier molecular flexibility index (Phi) is 5.70. The SMILES string of the molecule is Cc1ccc(S(=O)(=O)c2nnn(-c3ccc(C(=O)O)cc3)c2-c2ccc(Br)cc2)cc1C. The predicted molar refractivity (Wildman–Crippen MR) is 123 cm³/mol. The molecule has 0 spiro atoms. The van der Waals surface area contributed by atoms with E-state index in [0.717, 1.165) is 15.6 Å². The Morgan fingerprint density at radius 2 is 1.59 bits per heavy atom. The summed E-state index contributed by atoms with van der Waals surface area (Å²) in [5.41, 5.74) is 3.33. The van der Waals surface area contributed by atoms with Gasteiger partial charge in [0.1, 0.15) is 5.69 Å². The first-order valence-electron chi connectivity index (χ1n) is 9.56. The number of aryl methyl sites for hydroxylation is 2. The third kappa shape index (κ3) is 3.96. The van der Waals surface area contributed by atoms with Gasteiger partial charge in [-0.15, -0.1) is 5.10 Å². The van der Waals surface area contributed by atoms with Gasteiger partial charge in [0.15, 0.2) is 0 Å². The summed E-state index contributed by atoms with van der Waals surface area (Å²) in [7, 11) is -3.98. The molecule has 4 aromatic rings. The Labute approximate surface area is 193 Å². The summed E-state index contributed by atoms with van der Waals surface area (Å²) in [6.07, 6.45) is 0. The number of halogens is 1. The molecule has 0 atom stereocenters. The molecule has 3 aromatic carbocycles. The number of nitrogens with zero attached hydrogens (tertiary/aromatic N) is 3. The van der Waals surface area contributed by atoms with Gasteiger partial charge >= 0.3 is 5.97 Å². The van der Waals surface area contributed by atoms with Crippen LogP contribution < -0.4 is 0 Å². The van der Waals surface area contributed by atoms with Gasteiger partial charge in [-0.1, -0.05) is 39.3 Å². The van der Waals surface area contributed by atoms with E-state index in [4.69, 9.17) is 5.11 Å². The normalized spacial score (nSPS) is 11.5. The lowest BCUT2D eigenvalue weighted by molar-refractivity contribution is 0.0697. The van der Waals surface area contributed by atoms with Gasteiger partial charge in [0, 0.05) is 10.0 Å². The maximum absolute atomic E-state index is 13.5. The molecule has 7 nitrogen and oxygen atoms in total. The third-order valence-electron chi connectivity index (χ3n) is 5.16. The second kappa shape index (κ2) is 8.33. The molecule has 9 heteroatoms. The van der Waals surface area contributed by atoms with Gasteiger partial charge in [0.2, 0.25) is 14.9 Å². The van der Waals surface area contributed by atoms with Crippen LogP contribution in [0.1, 0.15) is 21.5 Å². The number of hydrogen-bond donors (Lipinski definition) is 1. The summed E-state index contributed by atoms with van der Waals surface area (Å²) in [5.74, 6) is -1.05. The third-order valence-corrected chi connectivity index (χ3v) is 7.35. The van der Waals surface area contributed by atoms with E-state index < -0.39 is 15.8 Å². The molecule has 1 N–H and O–H groups in total. The van der Waals surface area contributed by atoms with Crippen LogP contribution in [-0.2, 0) is 9.84 Å². The molecule has 0 radical (unpaired) electrons. The molecular formula is C23H18BrN3O4S. The average molecular weight is 512 g/mol. The van der Waals surface area contributed by atoms with Gasteiger partial charge in [0.05, 0.1) is 16.1 Å². The number of carboxylic acid groups (broad SMARTS) is 1. The van der Waals surface area contributed by atoms with Crippen LogP contribution in [0.4, 0.5) is 0 Å². The highest BCUT2D eigenvalue weighted by Crippen LogP contribution is 2.33. The van der Waals surface area contributed by atoms with Gasteiger partial charge in [-0.25, -0.2) is 17.9 Å². The summed E-state index contributed by atoms with van der Waals surface area (Å²) in [4.78, 5) is 11.3. The molecule has 0 unspecified atom stereocenters. The van der Waals surface area contributed by atoms with E-state index in [9.17, 15) is 13.2 Å². The van der Waals surface area contributed by atoms with Crippen LogP contribution in [0, 0.1) is 13.8 Å². The van der Waals surface area contributed by atoms with E-state index >= 15 is 0 Å². The fourth-order valence-electron chi connectivity index (χ4n) is 3.22. The molecule has 0 aliphatic carbocycles. The molecule has 0 saturated carbocycles. The molecule has 0 bridgehead atoms. The minimum atomic E-state index is -3.98. The van der Waals surface area contributed by atoms with Gasteiger partial charge in [-0.3, -0.25) is 0 Å². The molecule has 0 amide bonds. The lowest BCUT2D eigenvalue weighted by Gasteiger charge is -2.10. The average Bonchev–Trinajstić information content (AvgIpc) is 3.22. The molecular weight excluding hydrogens is 494 g/mol. The van der Waals surface area contributed by atoms with Crippen molar-refractivity contribution in [2.75, 3.05) is 0 Å². The van der Waals surface area contributed by atoms with Gasteiger partial charge < -0.3 is 5.11 Å². The Morgan fingerprint density at radius 1 is 0.938 bits per heavy atom. The van der Waals surface area contributed by atoms with Crippen LogP contribution in [0.15, 0.2) is 81.1 Å². The first kappa shape index (κ1) is 21.9. The monoisotopic (exact) mass is 511 g/mol. The molecule has 0 aliphatic rings. The Hall–Kier alpha value is -3.30. The summed E-state index contributed by atoms with van der Waals surface area (Å²) < 4.78 is 29.3. The van der Waals surface area contributed by atoms with E-state index in [0.29, 0.717) is 16.9 Å². The molecule has 32 heavy (non-hydrogen) atoms.